The lowest BCUT2D eigenvalue weighted by atomic mass is 10.2. The van der Waals surface area contributed by atoms with Crippen LogP contribution in [0.2, 0.25) is 0 Å². The number of halogens is 1. The monoisotopic (exact) mass is 365 g/mol. The summed E-state index contributed by atoms with van der Waals surface area (Å²) in [7, 11) is 1.56. The maximum absolute atomic E-state index is 12.3. The quantitative estimate of drug-likeness (QED) is 0.821. The maximum Gasteiger partial charge on any atom is 0.267 e. The fourth-order valence-corrected chi connectivity index (χ4v) is 2.80. The first-order valence-corrected chi connectivity index (χ1v) is 7.65. The van der Waals surface area contributed by atoms with Crippen LogP contribution in [0.5, 0.6) is 5.75 Å². The highest BCUT2D eigenvalue weighted by Gasteiger charge is 2.13. The Bertz CT molecular complexity index is 715. The molecule has 0 bridgehead atoms. The summed E-state index contributed by atoms with van der Waals surface area (Å²) in [6.07, 6.45) is 0. The van der Waals surface area contributed by atoms with Crippen molar-refractivity contribution >= 4 is 38.9 Å². The van der Waals surface area contributed by atoms with Crippen LogP contribution in [0.4, 0.5) is 5.69 Å². The van der Waals surface area contributed by atoms with Crippen molar-refractivity contribution in [2.24, 2.45) is 0 Å². The molecule has 0 spiro atoms. The molecule has 1 amide bonds. The van der Waals surface area contributed by atoms with E-state index >= 15 is 0 Å². The minimum Gasteiger partial charge on any atom is -0.495 e. The zero-order chi connectivity index (χ0) is 15.2. The molecule has 0 radical (unpaired) electrons. The van der Waals surface area contributed by atoms with E-state index < -0.39 is 0 Å². The zero-order valence-corrected chi connectivity index (χ0v) is 13.5. The largest absolute Gasteiger partial charge is 0.495 e. The normalized spacial score (nSPS) is 9.67. The molecule has 4 nitrogen and oxygen atoms in total. The molecule has 1 aromatic carbocycles. The molecule has 0 unspecified atom stereocenters. The van der Waals surface area contributed by atoms with Gasteiger partial charge in [-0.15, -0.1) is 11.3 Å². The lowest BCUT2D eigenvalue weighted by Crippen LogP contribution is -2.11. The van der Waals surface area contributed by atoms with Gasteiger partial charge in [-0.2, -0.15) is 0 Å². The number of amides is 1. The summed E-state index contributed by atoms with van der Waals surface area (Å²) in [6.45, 7) is -0.235. The number of ether oxygens (including phenoxy) is 1. The number of thiophene rings is 1. The summed E-state index contributed by atoms with van der Waals surface area (Å²) in [6, 6.07) is 7.06. The third-order valence-electron chi connectivity index (χ3n) is 2.58. The molecule has 2 rings (SSSR count). The Kier molecular flexibility index (Phi) is 5.39. The van der Waals surface area contributed by atoms with Crippen LogP contribution in [0.15, 0.2) is 34.1 Å². The lowest BCUT2D eigenvalue weighted by molar-refractivity contribution is 0.103. The summed E-state index contributed by atoms with van der Waals surface area (Å²) >= 11 is 4.66. The predicted molar refractivity (Wildman–Crippen MR) is 86.9 cm³/mol. The summed E-state index contributed by atoms with van der Waals surface area (Å²) in [5.74, 6) is 5.70. The van der Waals surface area contributed by atoms with Gasteiger partial charge in [0.2, 0.25) is 0 Å². The molecule has 0 aliphatic heterocycles. The Morgan fingerprint density at radius 1 is 1.48 bits per heavy atom. The third kappa shape index (κ3) is 3.85. The highest BCUT2D eigenvalue weighted by atomic mass is 79.9. The van der Waals surface area contributed by atoms with Crippen molar-refractivity contribution in [1.82, 2.24) is 0 Å². The van der Waals surface area contributed by atoms with Gasteiger partial charge >= 0.3 is 0 Å². The van der Waals surface area contributed by atoms with E-state index in [2.05, 4.69) is 33.1 Å². The average Bonchev–Trinajstić information content (AvgIpc) is 2.95. The lowest BCUT2D eigenvalue weighted by Gasteiger charge is -2.08. The molecule has 0 saturated carbocycles. The van der Waals surface area contributed by atoms with Crippen LogP contribution in [-0.2, 0) is 0 Å². The Balaban J connectivity index is 2.20. The Morgan fingerprint density at radius 3 is 3.00 bits per heavy atom. The van der Waals surface area contributed by atoms with E-state index in [-0.39, 0.29) is 12.5 Å². The van der Waals surface area contributed by atoms with Gasteiger partial charge in [-0.1, -0.05) is 11.8 Å². The molecule has 21 heavy (non-hydrogen) atoms. The molecule has 0 saturated heterocycles. The number of hydrogen-bond donors (Lipinski definition) is 2. The molecule has 2 aromatic rings. The molecule has 1 aromatic heterocycles. The molecule has 0 fully saturated rings. The topological polar surface area (TPSA) is 58.6 Å². The fourth-order valence-electron chi connectivity index (χ4n) is 1.64. The van der Waals surface area contributed by atoms with Crippen LogP contribution in [-0.4, -0.2) is 24.7 Å². The highest BCUT2D eigenvalue weighted by Crippen LogP contribution is 2.28. The molecule has 6 heteroatoms. The number of hydrogen-bond acceptors (Lipinski definition) is 4. The van der Waals surface area contributed by atoms with Gasteiger partial charge in [0.25, 0.3) is 5.91 Å². The van der Waals surface area contributed by atoms with Crippen LogP contribution >= 0.6 is 27.3 Å². The van der Waals surface area contributed by atoms with Crippen LogP contribution < -0.4 is 10.1 Å². The number of anilines is 1. The van der Waals surface area contributed by atoms with Crippen molar-refractivity contribution in [3.05, 3.63) is 44.6 Å². The van der Waals surface area contributed by atoms with E-state index in [9.17, 15) is 4.79 Å². The number of carbonyl (C=O) groups is 1. The van der Waals surface area contributed by atoms with Crippen molar-refractivity contribution < 1.29 is 14.6 Å². The van der Waals surface area contributed by atoms with Crippen LogP contribution in [0.3, 0.4) is 0 Å². The molecule has 2 N–H and O–H groups in total. The van der Waals surface area contributed by atoms with E-state index in [0.717, 1.165) is 4.47 Å². The summed E-state index contributed by atoms with van der Waals surface area (Å²) in [4.78, 5) is 12.8. The molecule has 0 aliphatic carbocycles. The van der Waals surface area contributed by atoms with Gasteiger partial charge in [-0.3, -0.25) is 4.79 Å². The SMILES string of the molecule is COc1cc(NC(=O)c2sccc2C#CCO)ccc1Br. The molecular formula is C15H12BrNO3S. The number of methoxy groups -OCH3 is 1. The fraction of sp³-hybridized carbons (Fsp3) is 0.133. The first-order chi connectivity index (χ1) is 10.2. The van der Waals surface area contributed by atoms with Gasteiger partial charge in [-0.25, -0.2) is 0 Å². The van der Waals surface area contributed by atoms with E-state index in [1.165, 1.54) is 11.3 Å². The van der Waals surface area contributed by atoms with Gasteiger partial charge in [0.05, 0.1) is 11.6 Å². The standard InChI is InChI=1S/C15H12BrNO3S/c1-20-13-9-11(4-5-12(13)16)17-15(19)14-10(3-2-7-18)6-8-21-14/h4-6,8-9,18H,7H2,1H3,(H,17,19). The van der Waals surface area contributed by atoms with Crippen LogP contribution in [0.1, 0.15) is 15.2 Å². The molecule has 1 heterocycles. The number of carbonyl (C=O) groups excluding carboxylic acids is 1. The first kappa shape index (κ1) is 15.6. The molecule has 0 aliphatic rings. The van der Waals surface area contributed by atoms with Gasteiger partial charge in [0.15, 0.2) is 0 Å². The van der Waals surface area contributed by atoms with Gasteiger partial charge < -0.3 is 15.2 Å². The van der Waals surface area contributed by atoms with E-state index in [0.29, 0.717) is 21.9 Å². The first-order valence-electron chi connectivity index (χ1n) is 5.98. The second kappa shape index (κ2) is 7.27. The number of aliphatic hydroxyl groups is 1. The minimum atomic E-state index is -0.239. The van der Waals surface area contributed by atoms with E-state index in [4.69, 9.17) is 9.84 Å². The summed E-state index contributed by atoms with van der Waals surface area (Å²) < 4.78 is 6.00. The second-order valence-corrected chi connectivity index (χ2v) is 5.70. The minimum absolute atomic E-state index is 0.235. The van der Waals surface area contributed by atoms with Gasteiger partial charge in [0, 0.05) is 17.3 Å². The van der Waals surface area contributed by atoms with Crippen molar-refractivity contribution in [3.63, 3.8) is 0 Å². The summed E-state index contributed by atoms with van der Waals surface area (Å²) in [5, 5.41) is 13.3. The van der Waals surface area contributed by atoms with Crippen LogP contribution in [0, 0.1) is 11.8 Å². The van der Waals surface area contributed by atoms with Gasteiger partial charge in [0.1, 0.15) is 17.2 Å². The Morgan fingerprint density at radius 2 is 2.29 bits per heavy atom. The van der Waals surface area contributed by atoms with Crippen molar-refractivity contribution in [2.75, 3.05) is 19.0 Å². The third-order valence-corrected chi connectivity index (χ3v) is 4.15. The van der Waals surface area contributed by atoms with Crippen molar-refractivity contribution in [3.8, 4) is 17.6 Å². The highest BCUT2D eigenvalue weighted by molar-refractivity contribution is 9.10. The van der Waals surface area contributed by atoms with Gasteiger partial charge in [-0.05, 0) is 39.5 Å². The van der Waals surface area contributed by atoms with Crippen molar-refractivity contribution in [2.45, 2.75) is 0 Å². The number of aliphatic hydroxyl groups excluding tert-OH is 1. The van der Waals surface area contributed by atoms with E-state index in [1.54, 1.807) is 36.8 Å². The smallest absolute Gasteiger partial charge is 0.267 e. The average molecular weight is 366 g/mol. The number of nitrogens with one attached hydrogen (secondary N) is 1. The zero-order valence-electron chi connectivity index (χ0n) is 11.1. The number of benzene rings is 1. The van der Waals surface area contributed by atoms with Crippen molar-refractivity contribution in [1.29, 1.82) is 0 Å². The molecule has 0 atom stereocenters. The predicted octanol–water partition coefficient (Wildman–Crippen LogP) is 3.12. The maximum atomic E-state index is 12.3. The second-order valence-electron chi connectivity index (χ2n) is 3.93. The van der Waals surface area contributed by atoms with Crippen LogP contribution in [0.25, 0.3) is 0 Å². The number of rotatable bonds is 3. The molecular weight excluding hydrogens is 354 g/mol. The summed E-state index contributed by atoms with van der Waals surface area (Å²) in [5.41, 5.74) is 1.24. The van der Waals surface area contributed by atoms with E-state index in [1.807, 2.05) is 0 Å². The molecule has 108 valence electrons. The Hall–Kier alpha value is -1.81. The Labute approximate surface area is 134 Å².